The Morgan fingerprint density at radius 1 is 1.25 bits per heavy atom. The summed E-state index contributed by atoms with van der Waals surface area (Å²) in [4.78, 5) is 25.2. The van der Waals surface area contributed by atoms with Crippen LogP contribution in [0, 0.1) is 10.1 Å². The summed E-state index contributed by atoms with van der Waals surface area (Å²) in [5, 5.41) is 13.8. The van der Waals surface area contributed by atoms with Crippen LogP contribution in [0.2, 0.25) is 0 Å². The summed E-state index contributed by atoms with van der Waals surface area (Å²) in [5.41, 5.74) is 1.08. The number of methoxy groups -OCH3 is 2. The summed E-state index contributed by atoms with van der Waals surface area (Å²) in [6.45, 7) is 0.913. The van der Waals surface area contributed by atoms with Crippen LogP contribution in [0.15, 0.2) is 42.5 Å². The Balaban J connectivity index is 1.74. The molecule has 1 N–H and O–H groups in total. The molecule has 0 spiro atoms. The molecule has 0 aromatic heterocycles. The van der Waals surface area contributed by atoms with Crippen molar-refractivity contribution >= 4 is 17.3 Å². The summed E-state index contributed by atoms with van der Waals surface area (Å²) in [7, 11) is 3.21. The lowest BCUT2D eigenvalue weighted by molar-refractivity contribution is -0.383. The first kappa shape index (κ1) is 19.6. The van der Waals surface area contributed by atoms with Gasteiger partial charge in [0.15, 0.2) is 0 Å². The quantitative estimate of drug-likeness (QED) is 0.580. The minimum absolute atomic E-state index is 0.0392. The number of carbonyl (C=O) groups is 1. The van der Waals surface area contributed by atoms with E-state index in [9.17, 15) is 14.9 Å². The van der Waals surface area contributed by atoms with E-state index in [4.69, 9.17) is 9.47 Å². The van der Waals surface area contributed by atoms with Gasteiger partial charge in [0.2, 0.25) is 5.91 Å². The molecular formula is C20H23N3O5. The SMILES string of the molecule is COc1ccc([C@H]2CCCN2CC(=O)Nc2ccccc2[N+](=O)[O-])c(OC)c1. The minimum Gasteiger partial charge on any atom is -0.497 e. The number of hydrogen-bond acceptors (Lipinski definition) is 6. The molecule has 2 aromatic carbocycles. The van der Waals surface area contributed by atoms with E-state index in [2.05, 4.69) is 10.2 Å². The van der Waals surface area contributed by atoms with Gasteiger partial charge < -0.3 is 14.8 Å². The number of hydrogen-bond donors (Lipinski definition) is 1. The topological polar surface area (TPSA) is 93.9 Å². The maximum absolute atomic E-state index is 12.5. The zero-order valence-electron chi connectivity index (χ0n) is 15.9. The van der Waals surface area contributed by atoms with Crippen LogP contribution in [0.1, 0.15) is 24.4 Å². The van der Waals surface area contributed by atoms with Gasteiger partial charge in [-0.15, -0.1) is 0 Å². The molecule has 1 aliphatic rings. The molecule has 0 aliphatic carbocycles. The Morgan fingerprint density at radius 3 is 2.75 bits per heavy atom. The number of nitrogens with zero attached hydrogens (tertiary/aromatic N) is 2. The molecule has 0 radical (unpaired) electrons. The molecule has 1 fully saturated rings. The first-order valence-corrected chi connectivity index (χ1v) is 9.02. The van der Waals surface area contributed by atoms with Crippen molar-refractivity contribution in [3.63, 3.8) is 0 Å². The molecule has 1 heterocycles. The second-order valence-electron chi connectivity index (χ2n) is 6.56. The van der Waals surface area contributed by atoms with Crippen molar-refractivity contribution in [2.75, 3.05) is 32.6 Å². The number of amides is 1. The summed E-state index contributed by atoms with van der Waals surface area (Å²) < 4.78 is 10.8. The van der Waals surface area contributed by atoms with Crippen LogP contribution in [-0.2, 0) is 4.79 Å². The van der Waals surface area contributed by atoms with Crippen molar-refractivity contribution in [1.29, 1.82) is 0 Å². The van der Waals surface area contributed by atoms with Gasteiger partial charge >= 0.3 is 0 Å². The van der Waals surface area contributed by atoms with Crippen LogP contribution in [0.4, 0.5) is 11.4 Å². The average molecular weight is 385 g/mol. The number of likely N-dealkylation sites (tertiary alicyclic amines) is 1. The van der Waals surface area contributed by atoms with Gasteiger partial charge in [0, 0.05) is 23.7 Å². The number of rotatable bonds is 7. The third kappa shape index (κ3) is 4.23. The fraction of sp³-hybridized carbons (Fsp3) is 0.350. The monoisotopic (exact) mass is 385 g/mol. The van der Waals surface area contributed by atoms with Crippen molar-refractivity contribution in [3.8, 4) is 11.5 Å². The minimum atomic E-state index is -0.503. The maximum atomic E-state index is 12.5. The van der Waals surface area contributed by atoms with E-state index in [0.717, 1.165) is 30.7 Å². The molecule has 148 valence electrons. The highest BCUT2D eigenvalue weighted by molar-refractivity contribution is 5.94. The molecule has 1 atom stereocenters. The van der Waals surface area contributed by atoms with Gasteiger partial charge in [-0.2, -0.15) is 0 Å². The molecule has 1 saturated heterocycles. The molecule has 28 heavy (non-hydrogen) atoms. The largest absolute Gasteiger partial charge is 0.497 e. The number of nitro groups is 1. The molecule has 0 unspecified atom stereocenters. The summed E-state index contributed by atoms with van der Waals surface area (Å²) >= 11 is 0. The van der Waals surface area contributed by atoms with E-state index in [-0.39, 0.29) is 29.9 Å². The number of nitrogens with one attached hydrogen (secondary N) is 1. The predicted octanol–water partition coefficient (Wildman–Crippen LogP) is 3.39. The molecule has 3 rings (SSSR count). The molecule has 1 aliphatic heterocycles. The highest BCUT2D eigenvalue weighted by Crippen LogP contribution is 2.38. The fourth-order valence-electron chi connectivity index (χ4n) is 3.57. The maximum Gasteiger partial charge on any atom is 0.292 e. The lowest BCUT2D eigenvalue weighted by Gasteiger charge is -2.25. The molecule has 1 amide bonds. The average Bonchev–Trinajstić information content (AvgIpc) is 3.15. The Morgan fingerprint density at radius 2 is 2.04 bits per heavy atom. The van der Waals surface area contributed by atoms with Crippen molar-refractivity contribution < 1.29 is 19.2 Å². The Kier molecular flexibility index (Phi) is 6.10. The number of benzene rings is 2. The van der Waals surface area contributed by atoms with E-state index in [1.165, 1.54) is 12.1 Å². The molecule has 0 bridgehead atoms. The predicted molar refractivity (Wildman–Crippen MR) is 105 cm³/mol. The first-order valence-electron chi connectivity index (χ1n) is 9.02. The van der Waals surface area contributed by atoms with Gasteiger partial charge in [-0.1, -0.05) is 18.2 Å². The first-order chi connectivity index (χ1) is 13.5. The van der Waals surface area contributed by atoms with Crippen LogP contribution < -0.4 is 14.8 Å². The second-order valence-corrected chi connectivity index (χ2v) is 6.56. The van der Waals surface area contributed by atoms with Crippen LogP contribution in [0.3, 0.4) is 0 Å². The van der Waals surface area contributed by atoms with Crippen molar-refractivity contribution in [2.45, 2.75) is 18.9 Å². The zero-order chi connectivity index (χ0) is 20.1. The smallest absolute Gasteiger partial charge is 0.292 e. The van der Waals surface area contributed by atoms with Gasteiger partial charge in [-0.25, -0.2) is 0 Å². The number of nitro benzene ring substituents is 1. The van der Waals surface area contributed by atoms with Gasteiger partial charge in [-0.3, -0.25) is 19.8 Å². The molecule has 8 nitrogen and oxygen atoms in total. The van der Waals surface area contributed by atoms with Crippen LogP contribution >= 0.6 is 0 Å². The Labute approximate surface area is 163 Å². The number of para-hydroxylation sites is 2. The second kappa shape index (κ2) is 8.71. The molecule has 8 heteroatoms. The van der Waals surface area contributed by atoms with Gasteiger partial charge in [0.25, 0.3) is 5.69 Å². The highest BCUT2D eigenvalue weighted by atomic mass is 16.6. The number of ether oxygens (including phenoxy) is 2. The molecular weight excluding hydrogens is 362 g/mol. The van der Waals surface area contributed by atoms with Crippen LogP contribution in [0.25, 0.3) is 0 Å². The highest BCUT2D eigenvalue weighted by Gasteiger charge is 2.30. The normalized spacial score (nSPS) is 16.6. The standard InChI is InChI=1S/C20H23N3O5/c1-27-14-9-10-15(19(12-14)28-2)17-8-5-11-22(17)13-20(24)21-16-6-3-4-7-18(16)23(25)26/h3-4,6-7,9-10,12,17H,5,8,11,13H2,1-2H3,(H,21,24)/t17-/m1/s1. The summed E-state index contributed by atoms with van der Waals surface area (Å²) in [6, 6.07) is 11.8. The molecule has 0 saturated carbocycles. The van der Waals surface area contributed by atoms with E-state index < -0.39 is 4.92 Å². The fourth-order valence-corrected chi connectivity index (χ4v) is 3.57. The zero-order valence-corrected chi connectivity index (χ0v) is 15.9. The summed E-state index contributed by atoms with van der Waals surface area (Å²) in [6.07, 6.45) is 1.86. The lowest BCUT2D eigenvalue weighted by atomic mass is 10.0. The van der Waals surface area contributed by atoms with E-state index in [0.29, 0.717) is 5.75 Å². The van der Waals surface area contributed by atoms with Crippen molar-refractivity contribution in [3.05, 3.63) is 58.1 Å². The number of carbonyl (C=O) groups excluding carboxylic acids is 1. The van der Waals surface area contributed by atoms with E-state index >= 15 is 0 Å². The molecule has 2 aromatic rings. The van der Waals surface area contributed by atoms with E-state index in [1.807, 2.05) is 18.2 Å². The third-order valence-corrected chi connectivity index (χ3v) is 4.88. The van der Waals surface area contributed by atoms with Crippen LogP contribution in [0.5, 0.6) is 11.5 Å². The van der Waals surface area contributed by atoms with E-state index in [1.54, 1.807) is 26.4 Å². The van der Waals surface area contributed by atoms with Crippen LogP contribution in [-0.4, -0.2) is 43.0 Å². The van der Waals surface area contributed by atoms with Gasteiger partial charge in [0.05, 0.1) is 25.7 Å². The van der Waals surface area contributed by atoms with Crippen molar-refractivity contribution in [2.24, 2.45) is 0 Å². The lowest BCUT2D eigenvalue weighted by Crippen LogP contribution is -2.33. The Hall–Kier alpha value is -3.13. The Bertz CT molecular complexity index is 871. The van der Waals surface area contributed by atoms with Gasteiger partial charge in [-0.05, 0) is 31.5 Å². The number of anilines is 1. The van der Waals surface area contributed by atoms with Gasteiger partial charge in [0.1, 0.15) is 17.2 Å². The van der Waals surface area contributed by atoms with Crippen molar-refractivity contribution in [1.82, 2.24) is 4.90 Å². The summed E-state index contributed by atoms with van der Waals surface area (Å²) in [5.74, 6) is 1.14. The third-order valence-electron chi connectivity index (χ3n) is 4.88.